The van der Waals surface area contributed by atoms with Crippen LogP contribution in [0.3, 0.4) is 0 Å². The zero-order chi connectivity index (χ0) is 18.9. The Labute approximate surface area is 162 Å². The summed E-state index contributed by atoms with van der Waals surface area (Å²) in [7, 11) is 0. The maximum atomic E-state index is 13.2. The van der Waals surface area contributed by atoms with Gasteiger partial charge in [0.1, 0.15) is 24.1 Å². The van der Waals surface area contributed by atoms with E-state index in [0.717, 1.165) is 49.1 Å². The van der Waals surface area contributed by atoms with Gasteiger partial charge in [-0.25, -0.2) is 4.98 Å². The molecule has 0 N–H and O–H groups in total. The number of nitrogens with zero attached hydrogens (tertiary/aromatic N) is 5. The van der Waals surface area contributed by atoms with E-state index < -0.39 is 0 Å². The summed E-state index contributed by atoms with van der Waals surface area (Å²) in [6.45, 7) is 2.59. The molecule has 0 atom stereocenters. The number of carbonyl (C=O) groups excluding carboxylic acids is 1. The lowest BCUT2D eigenvalue weighted by Gasteiger charge is -2.26. The molecule has 0 unspecified atom stereocenters. The van der Waals surface area contributed by atoms with E-state index in [9.17, 15) is 4.79 Å². The molecule has 0 radical (unpaired) electrons. The van der Waals surface area contributed by atoms with Gasteiger partial charge in [0.05, 0.1) is 17.8 Å². The van der Waals surface area contributed by atoms with Crippen LogP contribution in [0.1, 0.15) is 46.5 Å². The van der Waals surface area contributed by atoms with Gasteiger partial charge in [0.15, 0.2) is 5.89 Å². The van der Waals surface area contributed by atoms with Crippen molar-refractivity contribution in [2.45, 2.75) is 31.7 Å². The Kier molecular flexibility index (Phi) is 4.40. The number of rotatable bonds is 3. The fourth-order valence-electron chi connectivity index (χ4n) is 3.89. The Bertz CT molecular complexity index is 976. The van der Waals surface area contributed by atoms with E-state index in [4.69, 9.17) is 14.1 Å². The van der Waals surface area contributed by atoms with E-state index in [-0.39, 0.29) is 5.91 Å². The highest BCUT2D eigenvalue weighted by atomic mass is 16.5. The molecule has 1 saturated heterocycles. The number of ether oxygens (including phenoxy) is 1. The van der Waals surface area contributed by atoms with Gasteiger partial charge in [-0.15, -0.1) is 10.2 Å². The van der Waals surface area contributed by atoms with Gasteiger partial charge >= 0.3 is 0 Å². The summed E-state index contributed by atoms with van der Waals surface area (Å²) < 4.78 is 13.2. The Balaban J connectivity index is 1.38. The molecule has 1 aromatic carbocycles. The monoisotopic (exact) mass is 379 g/mol. The maximum absolute atomic E-state index is 13.2. The number of oxazole rings is 1. The molecule has 8 heteroatoms. The van der Waals surface area contributed by atoms with Gasteiger partial charge in [0, 0.05) is 32.1 Å². The summed E-state index contributed by atoms with van der Waals surface area (Å²) in [5, 5.41) is 7.69. The van der Waals surface area contributed by atoms with Gasteiger partial charge in [0.2, 0.25) is 0 Å². The van der Waals surface area contributed by atoms with Gasteiger partial charge in [-0.1, -0.05) is 12.1 Å². The minimum Gasteiger partial charge on any atom is -0.445 e. The molecule has 1 amide bonds. The predicted molar refractivity (Wildman–Crippen MR) is 99.1 cm³/mol. The molecule has 0 aliphatic carbocycles. The molecule has 5 rings (SSSR count). The van der Waals surface area contributed by atoms with E-state index in [1.165, 1.54) is 0 Å². The second-order valence-electron chi connectivity index (χ2n) is 7.17. The molecule has 4 heterocycles. The molecule has 2 aliphatic heterocycles. The summed E-state index contributed by atoms with van der Waals surface area (Å²) in [4.78, 5) is 19.8. The van der Waals surface area contributed by atoms with E-state index in [1.807, 2.05) is 29.2 Å². The number of benzene rings is 1. The topological polar surface area (TPSA) is 86.3 Å². The van der Waals surface area contributed by atoms with Crippen molar-refractivity contribution in [3.8, 4) is 5.69 Å². The first kappa shape index (κ1) is 17.1. The zero-order valence-corrected chi connectivity index (χ0v) is 15.5. The fourth-order valence-corrected chi connectivity index (χ4v) is 3.89. The van der Waals surface area contributed by atoms with Crippen LogP contribution in [0.4, 0.5) is 0 Å². The number of aromatic nitrogens is 4. The summed E-state index contributed by atoms with van der Waals surface area (Å²) in [6, 6.07) is 7.50. The molecule has 1 fully saturated rings. The van der Waals surface area contributed by atoms with Crippen molar-refractivity contribution in [3.63, 3.8) is 0 Å². The van der Waals surface area contributed by atoms with E-state index in [2.05, 4.69) is 10.2 Å². The van der Waals surface area contributed by atoms with Crippen molar-refractivity contribution in [1.29, 1.82) is 0 Å². The van der Waals surface area contributed by atoms with Crippen LogP contribution in [0.2, 0.25) is 0 Å². The number of fused-ring (bicyclic) bond motifs is 1. The van der Waals surface area contributed by atoms with E-state index in [0.29, 0.717) is 31.0 Å². The smallest absolute Gasteiger partial charge is 0.256 e. The number of carbonyl (C=O) groups is 1. The zero-order valence-electron chi connectivity index (χ0n) is 15.5. The Morgan fingerprint density at radius 1 is 1.11 bits per heavy atom. The highest BCUT2D eigenvalue weighted by molar-refractivity contribution is 5.97. The van der Waals surface area contributed by atoms with Crippen molar-refractivity contribution in [1.82, 2.24) is 24.6 Å². The van der Waals surface area contributed by atoms with Crippen molar-refractivity contribution >= 4 is 5.91 Å². The Hall–Kier alpha value is -3.00. The van der Waals surface area contributed by atoms with Crippen LogP contribution in [0.5, 0.6) is 0 Å². The SMILES string of the molecule is O=C(c1ccccc1-n1cnnc1)N1CCc2oc(C3CCOCC3)nc2C1. The molecular weight excluding hydrogens is 358 g/mol. The van der Waals surface area contributed by atoms with Gasteiger partial charge < -0.3 is 14.1 Å². The molecule has 0 bridgehead atoms. The summed E-state index contributed by atoms with van der Waals surface area (Å²) in [5.41, 5.74) is 2.27. The largest absolute Gasteiger partial charge is 0.445 e. The quantitative estimate of drug-likeness (QED) is 0.694. The average Bonchev–Trinajstić information content (AvgIpc) is 3.43. The van der Waals surface area contributed by atoms with Crippen LogP contribution >= 0.6 is 0 Å². The van der Waals surface area contributed by atoms with Gasteiger partial charge in [-0.05, 0) is 25.0 Å². The lowest BCUT2D eigenvalue weighted by molar-refractivity contribution is 0.0726. The van der Waals surface area contributed by atoms with Crippen LogP contribution in [-0.4, -0.2) is 50.3 Å². The average molecular weight is 379 g/mol. The maximum Gasteiger partial charge on any atom is 0.256 e. The highest BCUT2D eigenvalue weighted by Crippen LogP contribution is 2.30. The first-order valence-electron chi connectivity index (χ1n) is 9.59. The lowest BCUT2D eigenvalue weighted by atomic mass is 10.0. The molecule has 28 heavy (non-hydrogen) atoms. The molecule has 144 valence electrons. The molecule has 0 spiro atoms. The Morgan fingerprint density at radius 2 is 1.89 bits per heavy atom. The normalized spacial score (nSPS) is 17.5. The minimum atomic E-state index is -0.0226. The molecule has 0 saturated carbocycles. The van der Waals surface area contributed by atoms with Crippen molar-refractivity contribution in [2.24, 2.45) is 0 Å². The highest BCUT2D eigenvalue weighted by Gasteiger charge is 2.29. The molecule has 3 aromatic rings. The van der Waals surface area contributed by atoms with Gasteiger partial charge in [0.25, 0.3) is 5.91 Å². The van der Waals surface area contributed by atoms with E-state index >= 15 is 0 Å². The van der Waals surface area contributed by atoms with Crippen LogP contribution in [0.15, 0.2) is 41.3 Å². The van der Waals surface area contributed by atoms with E-state index in [1.54, 1.807) is 17.2 Å². The van der Waals surface area contributed by atoms with Crippen molar-refractivity contribution < 1.29 is 13.9 Å². The van der Waals surface area contributed by atoms with Gasteiger partial charge in [-0.2, -0.15) is 0 Å². The Morgan fingerprint density at radius 3 is 2.71 bits per heavy atom. The van der Waals surface area contributed by atoms with Crippen LogP contribution < -0.4 is 0 Å². The summed E-state index contributed by atoms with van der Waals surface area (Å²) in [6.07, 6.45) is 5.76. The summed E-state index contributed by atoms with van der Waals surface area (Å²) in [5.74, 6) is 2.01. The van der Waals surface area contributed by atoms with Crippen LogP contribution in [0.25, 0.3) is 5.69 Å². The van der Waals surface area contributed by atoms with Crippen molar-refractivity contribution in [2.75, 3.05) is 19.8 Å². The standard InChI is InChI=1S/C20H21N5O3/c26-20(15-3-1-2-4-17(15)25-12-21-22-13-25)24-8-5-18-16(11-24)23-19(28-18)14-6-9-27-10-7-14/h1-4,12-14H,5-11H2. The van der Waals surface area contributed by atoms with Crippen LogP contribution in [0, 0.1) is 0 Å². The third-order valence-electron chi connectivity index (χ3n) is 5.43. The predicted octanol–water partition coefficient (Wildman–Crippen LogP) is 2.35. The number of hydrogen-bond donors (Lipinski definition) is 0. The lowest BCUT2D eigenvalue weighted by Crippen LogP contribution is -2.36. The third kappa shape index (κ3) is 3.09. The number of hydrogen-bond acceptors (Lipinski definition) is 6. The minimum absolute atomic E-state index is 0.0226. The first-order valence-corrected chi connectivity index (χ1v) is 9.59. The van der Waals surface area contributed by atoms with Crippen molar-refractivity contribution in [3.05, 3.63) is 59.8 Å². The molecular formula is C20H21N5O3. The molecule has 2 aromatic heterocycles. The molecule has 2 aliphatic rings. The second kappa shape index (κ2) is 7.20. The third-order valence-corrected chi connectivity index (χ3v) is 5.43. The fraction of sp³-hybridized carbons (Fsp3) is 0.400. The molecule has 8 nitrogen and oxygen atoms in total. The first-order chi connectivity index (χ1) is 13.8. The van der Waals surface area contributed by atoms with Gasteiger partial charge in [-0.3, -0.25) is 9.36 Å². The number of amides is 1. The number of para-hydroxylation sites is 1. The summed E-state index contributed by atoms with van der Waals surface area (Å²) >= 11 is 0. The second-order valence-corrected chi connectivity index (χ2v) is 7.17. The van der Waals surface area contributed by atoms with Crippen LogP contribution in [-0.2, 0) is 17.7 Å².